The van der Waals surface area contributed by atoms with E-state index in [1.165, 1.54) is 12.1 Å². The van der Waals surface area contributed by atoms with Crippen molar-refractivity contribution in [3.63, 3.8) is 0 Å². The minimum absolute atomic E-state index is 0.0206. The number of benzene rings is 2. The lowest BCUT2D eigenvalue weighted by atomic mass is 9.97. The van der Waals surface area contributed by atoms with Crippen LogP contribution in [0, 0.1) is 11.7 Å². The van der Waals surface area contributed by atoms with E-state index in [0.717, 1.165) is 36.2 Å². The van der Waals surface area contributed by atoms with Gasteiger partial charge >= 0.3 is 0 Å². The molecule has 0 spiro atoms. The molecule has 0 radical (unpaired) electrons. The second-order valence-electron chi connectivity index (χ2n) is 6.92. The van der Waals surface area contributed by atoms with Gasteiger partial charge in [-0.25, -0.2) is 14.4 Å². The Labute approximate surface area is 163 Å². The van der Waals surface area contributed by atoms with Crippen molar-refractivity contribution < 1.29 is 9.18 Å². The van der Waals surface area contributed by atoms with Gasteiger partial charge in [0.25, 0.3) is 0 Å². The number of anilines is 2. The van der Waals surface area contributed by atoms with E-state index in [4.69, 9.17) is 0 Å². The fourth-order valence-electron chi connectivity index (χ4n) is 3.44. The lowest BCUT2D eigenvalue weighted by molar-refractivity contribution is -0.120. The van der Waals surface area contributed by atoms with Gasteiger partial charge in [0.1, 0.15) is 5.82 Å². The molecule has 1 aliphatic rings. The Bertz CT molecular complexity index is 946. The maximum absolute atomic E-state index is 13.4. The molecule has 6 heteroatoms. The maximum atomic E-state index is 13.4. The van der Waals surface area contributed by atoms with Gasteiger partial charge in [0.05, 0.1) is 5.92 Å². The van der Waals surface area contributed by atoms with E-state index >= 15 is 0 Å². The van der Waals surface area contributed by atoms with E-state index in [9.17, 15) is 9.18 Å². The van der Waals surface area contributed by atoms with Crippen LogP contribution in [0.25, 0.3) is 11.1 Å². The maximum Gasteiger partial charge on any atom is 0.229 e. The van der Waals surface area contributed by atoms with Crippen molar-refractivity contribution in [2.45, 2.75) is 12.8 Å². The molecule has 1 N–H and O–H groups in total. The largest absolute Gasteiger partial charge is 0.340 e. The highest BCUT2D eigenvalue weighted by molar-refractivity contribution is 5.93. The first-order valence-corrected chi connectivity index (χ1v) is 9.38. The Morgan fingerprint density at radius 2 is 1.82 bits per heavy atom. The number of para-hydroxylation sites is 1. The van der Waals surface area contributed by atoms with E-state index < -0.39 is 0 Å². The lowest BCUT2D eigenvalue weighted by Gasteiger charge is -2.32. The third-order valence-corrected chi connectivity index (χ3v) is 4.91. The third kappa shape index (κ3) is 4.17. The number of carbonyl (C=O) groups is 1. The first kappa shape index (κ1) is 18.1. The average molecular weight is 376 g/mol. The van der Waals surface area contributed by atoms with Crippen molar-refractivity contribution in [3.8, 4) is 11.1 Å². The van der Waals surface area contributed by atoms with Gasteiger partial charge < -0.3 is 10.2 Å². The van der Waals surface area contributed by atoms with Crippen molar-refractivity contribution >= 4 is 17.5 Å². The number of piperidine rings is 1. The molecule has 5 nitrogen and oxygen atoms in total. The number of nitrogens with zero attached hydrogens (tertiary/aromatic N) is 3. The van der Waals surface area contributed by atoms with Crippen molar-refractivity contribution in [1.29, 1.82) is 0 Å². The Morgan fingerprint density at radius 3 is 2.57 bits per heavy atom. The van der Waals surface area contributed by atoms with Crippen LogP contribution in [-0.4, -0.2) is 29.0 Å². The minimum atomic E-state index is -0.287. The fraction of sp³-hybridized carbons (Fsp3) is 0.227. The van der Waals surface area contributed by atoms with Gasteiger partial charge in [-0.1, -0.05) is 30.3 Å². The van der Waals surface area contributed by atoms with E-state index in [-0.39, 0.29) is 17.6 Å². The first-order chi connectivity index (χ1) is 13.7. The molecule has 0 saturated carbocycles. The molecule has 1 saturated heterocycles. The summed E-state index contributed by atoms with van der Waals surface area (Å²) >= 11 is 0. The van der Waals surface area contributed by atoms with Crippen LogP contribution >= 0.6 is 0 Å². The third-order valence-electron chi connectivity index (χ3n) is 4.91. The topological polar surface area (TPSA) is 58.1 Å². The number of rotatable bonds is 4. The summed E-state index contributed by atoms with van der Waals surface area (Å²) in [7, 11) is 0. The van der Waals surface area contributed by atoms with Gasteiger partial charge in [-0.05, 0) is 42.7 Å². The summed E-state index contributed by atoms with van der Waals surface area (Å²) in [5.41, 5.74) is 2.31. The Kier molecular flexibility index (Phi) is 5.28. The molecule has 142 valence electrons. The quantitative estimate of drug-likeness (QED) is 0.744. The van der Waals surface area contributed by atoms with Gasteiger partial charge in [-0.15, -0.1) is 0 Å². The first-order valence-electron chi connectivity index (χ1n) is 9.38. The van der Waals surface area contributed by atoms with Crippen LogP contribution in [0.5, 0.6) is 0 Å². The summed E-state index contributed by atoms with van der Waals surface area (Å²) in [6.45, 7) is 1.40. The molecule has 28 heavy (non-hydrogen) atoms. The highest BCUT2D eigenvalue weighted by Crippen LogP contribution is 2.24. The number of aromatic nitrogens is 2. The molecule has 1 fully saturated rings. The predicted molar refractivity (Wildman–Crippen MR) is 107 cm³/mol. The SMILES string of the molecule is O=C(Nc1ccccc1)[C@@H]1CCCN(c2ncc(-c3cccc(F)c3)cn2)C1. The molecule has 4 rings (SSSR count). The Hall–Kier alpha value is -3.28. The van der Waals surface area contributed by atoms with Crippen LogP contribution in [0.2, 0.25) is 0 Å². The van der Waals surface area contributed by atoms with Crippen LogP contribution in [0.15, 0.2) is 67.0 Å². The molecule has 1 aromatic heterocycles. The Balaban J connectivity index is 1.43. The van der Waals surface area contributed by atoms with E-state index in [1.807, 2.05) is 41.3 Å². The smallest absolute Gasteiger partial charge is 0.229 e. The minimum Gasteiger partial charge on any atom is -0.340 e. The number of halogens is 1. The van der Waals surface area contributed by atoms with Crippen LogP contribution in [0.1, 0.15) is 12.8 Å². The monoisotopic (exact) mass is 376 g/mol. The van der Waals surface area contributed by atoms with Gasteiger partial charge in [0.15, 0.2) is 0 Å². The summed E-state index contributed by atoms with van der Waals surface area (Å²) < 4.78 is 13.4. The molecule has 2 aromatic carbocycles. The van der Waals surface area contributed by atoms with Crippen LogP contribution in [-0.2, 0) is 4.79 Å². The van der Waals surface area contributed by atoms with E-state index in [1.54, 1.807) is 18.5 Å². The summed E-state index contributed by atoms with van der Waals surface area (Å²) in [5.74, 6) is 0.218. The van der Waals surface area contributed by atoms with Crippen molar-refractivity contribution in [1.82, 2.24) is 9.97 Å². The fourth-order valence-corrected chi connectivity index (χ4v) is 3.44. The summed E-state index contributed by atoms with van der Waals surface area (Å²) in [5, 5.41) is 2.98. The van der Waals surface area contributed by atoms with Crippen LogP contribution in [0.3, 0.4) is 0 Å². The molecule has 0 aliphatic carbocycles. The lowest BCUT2D eigenvalue weighted by Crippen LogP contribution is -2.41. The molecule has 0 unspecified atom stereocenters. The summed E-state index contributed by atoms with van der Waals surface area (Å²) in [6.07, 6.45) is 5.15. The van der Waals surface area contributed by atoms with Crippen LogP contribution in [0.4, 0.5) is 16.0 Å². The van der Waals surface area contributed by atoms with Gasteiger partial charge in [0, 0.05) is 36.7 Å². The van der Waals surface area contributed by atoms with Gasteiger partial charge in [-0.3, -0.25) is 4.79 Å². The molecule has 2 heterocycles. The van der Waals surface area contributed by atoms with Crippen molar-refractivity contribution in [2.75, 3.05) is 23.3 Å². The second-order valence-corrected chi connectivity index (χ2v) is 6.92. The second kappa shape index (κ2) is 8.17. The molecule has 1 amide bonds. The molecule has 0 bridgehead atoms. The molecule has 1 atom stereocenters. The number of nitrogens with one attached hydrogen (secondary N) is 1. The molecule has 3 aromatic rings. The summed E-state index contributed by atoms with van der Waals surface area (Å²) in [6, 6.07) is 15.8. The zero-order chi connectivity index (χ0) is 19.3. The van der Waals surface area contributed by atoms with Crippen LogP contribution < -0.4 is 10.2 Å². The van der Waals surface area contributed by atoms with Gasteiger partial charge in [-0.2, -0.15) is 0 Å². The Morgan fingerprint density at radius 1 is 1.04 bits per heavy atom. The standard InChI is InChI=1S/C22H21FN4O/c23-19-8-4-6-16(12-19)18-13-24-22(25-14-18)27-11-5-7-17(15-27)21(28)26-20-9-2-1-3-10-20/h1-4,6,8-10,12-14,17H,5,7,11,15H2,(H,26,28)/t17-/m1/s1. The average Bonchev–Trinajstić information content (AvgIpc) is 2.75. The summed E-state index contributed by atoms with van der Waals surface area (Å²) in [4.78, 5) is 23.5. The normalized spacial score (nSPS) is 16.6. The zero-order valence-electron chi connectivity index (χ0n) is 15.4. The highest BCUT2D eigenvalue weighted by atomic mass is 19.1. The van der Waals surface area contributed by atoms with Crippen molar-refractivity contribution in [3.05, 3.63) is 72.8 Å². The number of carbonyl (C=O) groups excluding carboxylic acids is 1. The van der Waals surface area contributed by atoms with Crippen molar-refractivity contribution in [2.24, 2.45) is 5.92 Å². The van der Waals surface area contributed by atoms with E-state index in [0.29, 0.717) is 12.5 Å². The number of amides is 1. The molecular weight excluding hydrogens is 355 g/mol. The molecule has 1 aliphatic heterocycles. The molecular formula is C22H21FN4O. The highest BCUT2D eigenvalue weighted by Gasteiger charge is 2.27. The zero-order valence-corrected chi connectivity index (χ0v) is 15.4. The number of hydrogen-bond acceptors (Lipinski definition) is 4. The van der Waals surface area contributed by atoms with E-state index in [2.05, 4.69) is 15.3 Å². The predicted octanol–water partition coefficient (Wildman–Crippen LogP) is 4.14. The number of hydrogen-bond donors (Lipinski definition) is 1. The van der Waals surface area contributed by atoms with Gasteiger partial charge in [0.2, 0.25) is 11.9 Å².